The predicted molar refractivity (Wildman–Crippen MR) is 79.3 cm³/mol. The van der Waals surface area contributed by atoms with Gasteiger partial charge >= 0.3 is 0 Å². The number of hydrogen-bond donors (Lipinski definition) is 1. The highest BCUT2D eigenvalue weighted by Crippen LogP contribution is 2.65. The molecule has 1 N–H and O–H groups in total. The van der Waals surface area contributed by atoms with E-state index < -0.39 is 29.2 Å². The predicted octanol–water partition coefficient (Wildman–Crippen LogP) is 3.95. The van der Waals surface area contributed by atoms with Gasteiger partial charge in [-0.2, -0.15) is 0 Å². The molecule has 1 nitrogen and oxygen atoms in total. The number of hydrogen-bond acceptors (Lipinski definition) is 1. The molecule has 0 saturated carbocycles. The molecule has 1 aromatic carbocycles. The van der Waals surface area contributed by atoms with E-state index in [1.54, 1.807) is 0 Å². The third-order valence-electron chi connectivity index (χ3n) is 5.99. The lowest BCUT2D eigenvalue weighted by molar-refractivity contribution is -0.0606. The molecule has 0 saturated heterocycles. The largest absolute Gasteiger partial charge is 0.391 e. The van der Waals surface area contributed by atoms with Crippen molar-refractivity contribution in [3.05, 3.63) is 46.5 Å². The molecule has 0 heterocycles. The summed E-state index contributed by atoms with van der Waals surface area (Å²) < 4.78 is 25.0. The molecular formula is C18H24O. The van der Waals surface area contributed by atoms with E-state index in [0.29, 0.717) is 0 Å². The van der Waals surface area contributed by atoms with Crippen molar-refractivity contribution < 1.29 is 9.22 Å². The fourth-order valence-corrected chi connectivity index (χ4v) is 4.45. The Hall–Kier alpha value is -1.08. The highest BCUT2D eigenvalue weighted by Gasteiger charge is 2.64. The third-order valence-corrected chi connectivity index (χ3v) is 5.99. The Bertz CT molecular complexity index is 686. The van der Waals surface area contributed by atoms with Crippen LogP contribution in [0.2, 0.25) is 0 Å². The molecule has 0 aromatic heterocycles. The lowest BCUT2D eigenvalue weighted by Crippen LogP contribution is -2.65. The van der Waals surface area contributed by atoms with Gasteiger partial charge in [0.1, 0.15) is 0 Å². The number of fused-ring (bicyclic) bond motifs is 1. The topological polar surface area (TPSA) is 20.2 Å². The maximum atomic E-state index is 11.2. The minimum atomic E-state index is -2.22. The molecule has 1 aromatic rings. The summed E-state index contributed by atoms with van der Waals surface area (Å²) in [5.41, 5.74) is 1.26. The summed E-state index contributed by atoms with van der Waals surface area (Å²) in [6.07, 6.45) is -0.737. The van der Waals surface area contributed by atoms with Gasteiger partial charge in [0.15, 0.2) is 0 Å². The summed E-state index contributed by atoms with van der Waals surface area (Å²) in [6, 6.07) is 7.75. The van der Waals surface area contributed by atoms with Gasteiger partial charge < -0.3 is 5.11 Å². The van der Waals surface area contributed by atoms with E-state index in [9.17, 15) is 5.11 Å². The maximum Gasteiger partial charge on any atom is 0.0733 e. The van der Waals surface area contributed by atoms with Crippen LogP contribution in [-0.2, 0) is 10.8 Å². The summed E-state index contributed by atoms with van der Waals surface area (Å²) in [4.78, 5) is 0. The van der Waals surface area contributed by atoms with Gasteiger partial charge in [0, 0.05) is 20.4 Å². The van der Waals surface area contributed by atoms with Crippen molar-refractivity contribution in [3.8, 4) is 0 Å². The van der Waals surface area contributed by atoms with Crippen LogP contribution < -0.4 is 0 Å². The van der Waals surface area contributed by atoms with E-state index in [0.717, 1.165) is 22.3 Å². The summed E-state index contributed by atoms with van der Waals surface area (Å²) in [5, 5.41) is 11.2. The van der Waals surface area contributed by atoms with Crippen LogP contribution in [0.5, 0.6) is 0 Å². The number of aliphatic hydroxyl groups is 1. The van der Waals surface area contributed by atoms with Gasteiger partial charge in [-0.15, -0.1) is 0 Å². The van der Waals surface area contributed by atoms with Crippen LogP contribution in [0, 0.1) is 5.41 Å². The number of benzene rings is 1. The Kier molecular flexibility index (Phi) is 1.71. The Morgan fingerprint density at radius 1 is 1.05 bits per heavy atom. The number of rotatable bonds is 0. The zero-order chi connectivity index (χ0) is 16.7. The van der Waals surface area contributed by atoms with Gasteiger partial charge in [0.25, 0.3) is 0 Å². The smallest absolute Gasteiger partial charge is 0.0733 e. The molecule has 3 aliphatic carbocycles. The second kappa shape index (κ2) is 3.32. The molecule has 1 heteroatoms. The monoisotopic (exact) mass is 259 g/mol. The molecule has 0 radical (unpaired) electrons. The van der Waals surface area contributed by atoms with Gasteiger partial charge in [-0.3, -0.25) is 0 Å². The molecular weight excluding hydrogens is 232 g/mol. The molecule has 2 bridgehead atoms. The van der Waals surface area contributed by atoms with Crippen LogP contribution >= 0.6 is 0 Å². The van der Waals surface area contributed by atoms with Crippen LogP contribution in [-0.4, -0.2) is 11.2 Å². The van der Waals surface area contributed by atoms with Gasteiger partial charge in [-0.05, 0) is 31.9 Å². The van der Waals surface area contributed by atoms with Crippen LogP contribution in [0.3, 0.4) is 0 Å². The van der Waals surface area contributed by atoms with Crippen molar-refractivity contribution in [2.75, 3.05) is 0 Å². The van der Waals surface area contributed by atoms with E-state index >= 15 is 0 Å². The lowest BCUT2D eigenvalue weighted by atomic mass is 9.40. The molecule has 19 heavy (non-hydrogen) atoms. The van der Waals surface area contributed by atoms with Crippen molar-refractivity contribution in [3.63, 3.8) is 0 Å². The van der Waals surface area contributed by atoms with Crippen LogP contribution in [0.15, 0.2) is 35.4 Å². The molecule has 0 amide bonds. The normalized spacial score (nSPS) is 42.4. The van der Waals surface area contributed by atoms with Gasteiger partial charge in [-0.1, -0.05) is 56.1 Å². The maximum absolute atomic E-state index is 11.2. The molecule has 0 aliphatic heterocycles. The highest BCUT2D eigenvalue weighted by atomic mass is 16.3. The van der Waals surface area contributed by atoms with E-state index in [1.165, 1.54) is 0 Å². The Labute approximate surface area is 120 Å². The number of aliphatic hydroxyl groups excluding tert-OH is 1. The minimum absolute atomic E-state index is 0.531. The SMILES string of the molecule is [2H]C([2H])([2H])C12C(C)=C(C)C(C)(c3ccccc31)C(O)C2(C)C. The average Bonchev–Trinajstić information content (AvgIpc) is 2.41. The zero-order valence-corrected chi connectivity index (χ0v) is 12.3. The summed E-state index contributed by atoms with van der Waals surface area (Å²) in [5.74, 6) is 0. The second-order valence-electron chi connectivity index (χ2n) is 6.87. The van der Waals surface area contributed by atoms with E-state index in [-0.39, 0.29) is 0 Å². The van der Waals surface area contributed by atoms with Crippen molar-refractivity contribution >= 4 is 0 Å². The van der Waals surface area contributed by atoms with Gasteiger partial charge in [-0.25, -0.2) is 0 Å². The Balaban J connectivity index is 2.58. The van der Waals surface area contributed by atoms with E-state index in [4.69, 9.17) is 4.11 Å². The molecule has 102 valence electrons. The van der Waals surface area contributed by atoms with Crippen molar-refractivity contribution in [2.45, 2.75) is 58.4 Å². The fourth-order valence-electron chi connectivity index (χ4n) is 4.45. The van der Waals surface area contributed by atoms with Crippen LogP contribution in [0.4, 0.5) is 0 Å². The van der Waals surface area contributed by atoms with Crippen LogP contribution in [0.1, 0.15) is 56.7 Å². The highest BCUT2D eigenvalue weighted by molar-refractivity contribution is 5.61. The Morgan fingerprint density at radius 2 is 1.63 bits per heavy atom. The Morgan fingerprint density at radius 3 is 2.21 bits per heavy atom. The molecule has 0 spiro atoms. The first kappa shape index (κ1) is 9.77. The number of allylic oxidation sites excluding steroid dienone is 1. The van der Waals surface area contributed by atoms with Crippen molar-refractivity contribution in [2.24, 2.45) is 5.41 Å². The van der Waals surface area contributed by atoms with Crippen molar-refractivity contribution in [1.29, 1.82) is 0 Å². The molecule has 0 fully saturated rings. The van der Waals surface area contributed by atoms with Gasteiger partial charge in [0.2, 0.25) is 0 Å². The second-order valence-corrected chi connectivity index (χ2v) is 6.87. The lowest BCUT2D eigenvalue weighted by Gasteiger charge is -2.64. The molecule has 4 rings (SSSR count). The summed E-state index contributed by atoms with van der Waals surface area (Å²) >= 11 is 0. The van der Waals surface area contributed by atoms with Gasteiger partial charge in [0.05, 0.1) is 6.10 Å². The standard InChI is InChI=1S/C18H24O/c1-11-12(2)18(6)14-10-8-7-9-13(14)17(11,5)15(19)16(18,3)4/h7-10,15,19H,1-6H3/i6D3. The quantitative estimate of drug-likeness (QED) is 0.699. The van der Waals surface area contributed by atoms with Crippen molar-refractivity contribution in [1.82, 2.24) is 0 Å². The summed E-state index contributed by atoms with van der Waals surface area (Å²) in [6.45, 7) is 7.52. The van der Waals surface area contributed by atoms with E-state index in [2.05, 4.69) is 0 Å². The average molecular weight is 259 g/mol. The first-order valence-electron chi connectivity index (χ1n) is 8.41. The van der Waals surface area contributed by atoms with E-state index in [1.807, 2.05) is 58.9 Å². The zero-order valence-electron chi connectivity index (χ0n) is 15.3. The minimum Gasteiger partial charge on any atom is -0.391 e. The molecule has 3 atom stereocenters. The third kappa shape index (κ3) is 1.08. The first-order valence-corrected chi connectivity index (χ1v) is 6.91. The fraction of sp³-hybridized carbons (Fsp3) is 0.556. The summed E-state index contributed by atoms with van der Waals surface area (Å²) in [7, 11) is 0. The first-order chi connectivity index (χ1) is 9.95. The van der Waals surface area contributed by atoms with Crippen LogP contribution in [0.25, 0.3) is 0 Å². The molecule has 3 unspecified atom stereocenters. The molecule has 3 aliphatic rings.